The molecule has 1 aliphatic carbocycles. The van der Waals surface area contributed by atoms with Crippen LogP contribution in [0.4, 0.5) is 0 Å². The molecule has 1 aromatic carbocycles. The summed E-state index contributed by atoms with van der Waals surface area (Å²) in [6.07, 6.45) is 4.09. The van der Waals surface area contributed by atoms with E-state index in [2.05, 4.69) is 15.9 Å². The number of hydrogen-bond donors (Lipinski definition) is 0. The fourth-order valence-corrected chi connectivity index (χ4v) is 4.72. The van der Waals surface area contributed by atoms with E-state index < -0.39 is 9.05 Å². The predicted octanol–water partition coefficient (Wildman–Crippen LogP) is 4.04. The van der Waals surface area contributed by atoms with Crippen LogP contribution in [0.25, 0.3) is 0 Å². The van der Waals surface area contributed by atoms with Gasteiger partial charge < -0.3 is 4.90 Å². The molecular formula is C13H14BrCl2NO3S. The van der Waals surface area contributed by atoms with Gasteiger partial charge in [0, 0.05) is 28.2 Å². The summed E-state index contributed by atoms with van der Waals surface area (Å²) in [7, 11) is 3.06. The third-order valence-corrected chi connectivity index (χ3v) is 6.01. The Balaban J connectivity index is 2.44. The van der Waals surface area contributed by atoms with Crippen molar-refractivity contribution in [1.82, 2.24) is 4.90 Å². The number of carbonyl (C=O) groups is 1. The van der Waals surface area contributed by atoms with Gasteiger partial charge in [-0.2, -0.15) is 0 Å². The van der Waals surface area contributed by atoms with E-state index in [1.807, 2.05) is 0 Å². The highest BCUT2D eigenvalue weighted by Gasteiger charge is 2.28. The molecule has 0 aromatic heterocycles. The summed E-state index contributed by atoms with van der Waals surface area (Å²) >= 11 is 9.27. The van der Waals surface area contributed by atoms with Crippen molar-refractivity contribution in [3.8, 4) is 0 Å². The minimum atomic E-state index is -4.02. The molecule has 0 unspecified atom stereocenters. The second kappa shape index (κ2) is 6.44. The van der Waals surface area contributed by atoms with Crippen molar-refractivity contribution in [2.45, 2.75) is 36.6 Å². The first-order valence-corrected chi connectivity index (χ1v) is 9.90. The average Bonchev–Trinajstić information content (AvgIpc) is 2.92. The molecule has 4 nitrogen and oxygen atoms in total. The van der Waals surface area contributed by atoms with Crippen LogP contribution in [0, 0.1) is 0 Å². The molecule has 0 atom stereocenters. The minimum Gasteiger partial charge on any atom is -0.339 e. The summed E-state index contributed by atoms with van der Waals surface area (Å²) in [5, 5.41) is -0.136. The molecule has 0 bridgehead atoms. The van der Waals surface area contributed by atoms with Gasteiger partial charge >= 0.3 is 0 Å². The average molecular weight is 415 g/mol. The van der Waals surface area contributed by atoms with Crippen molar-refractivity contribution < 1.29 is 13.2 Å². The molecule has 0 heterocycles. The second-order valence-electron chi connectivity index (χ2n) is 5.06. The van der Waals surface area contributed by atoms with E-state index in [4.69, 9.17) is 22.3 Å². The number of amides is 1. The Kier molecular flexibility index (Phi) is 5.23. The predicted molar refractivity (Wildman–Crippen MR) is 86.5 cm³/mol. The molecule has 2 rings (SSSR count). The molecule has 8 heteroatoms. The van der Waals surface area contributed by atoms with Crippen LogP contribution in [-0.4, -0.2) is 32.3 Å². The topological polar surface area (TPSA) is 54.5 Å². The lowest BCUT2D eigenvalue weighted by molar-refractivity contribution is 0.0735. The van der Waals surface area contributed by atoms with Gasteiger partial charge in [-0.1, -0.05) is 40.4 Å². The third kappa shape index (κ3) is 3.73. The summed E-state index contributed by atoms with van der Waals surface area (Å²) in [5.74, 6) is -0.297. The summed E-state index contributed by atoms with van der Waals surface area (Å²) < 4.78 is 23.5. The van der Waals surface area contributed by atoms with Crippen LogP contribution in [0.1, 0.15) is 36.0 Å². The molecule has 0 N–H and O–H groups in total. The van der Waals surface area contributed by atoms with E-state index in [1.165, 1.54) is 12.1 Å². The first-order valence-electron chi connectivity index (χ1n) is 6.42. The van der Waals surface area contributed by atoms with Crippen LogP contribution in [-0.2, 0) is 9.05 Å². The van der Waals surface area contributed by atoms with Crippen molar-refractivity contribution >= 4 is 53.2 Å². The Labute approximate surface area is 142 Å². The molecule has 21 heavy (non-hydrogen) atoms. The maximum Gasteiger partial charge on any atom is 0.262 e. The zero-order chi connectivity index (χ0) is 15.8. The first-order chi connectivity index (χ1) is 9.71. The van der Waals surface area contributed by atoms with Crippen LogP contribution in [0.2, 0.25) is 5.02 Å². The van der Waals surface area contributed by atoms with Crippen molar-refractivity contribution in [1.29, 1.82) is 0 Å². The van der Waals surface area contributed by atoms with Crippen LogP contribution in [0.5, 0.6) is 0 Å². The van der Waals surface area contributed by atoms with Gasteiger partial charge in [-0.25, -0.2) is 8.42 Å². The van der Waals surface area contributed by atoms with Crippen molar-refractivity contribution in [2.75, 3.05) is 7.05 Å². The van der Waals surface area contributed by atoms with E-state index in [0.29, 0.717) is 4.47 Å². The van der Waals surface area contributed by atoms with Gasteiger partial charge in [-0.3, -0.25) is 4.79 Å². The fraction of sp³-hybridized carbons (Fsp3) is 0.462. The Morgan fingerprint density at radius 2 is 1.90 bits per heavy atom. The molecule has 0 saturated heterocycles. The van der Waals surface area contributed by atoms with E-state index in [1.54, 1.807) is 11.9 Å². The minimum absolute atomic E-state index is 0.136. The van der Waals surface area contributed by atoms with Crippen molar-refractivity contribution in [3.05, 3.63) is 27.2 Å². The molecule has 1 aromatic rings. The highest BCUT2D eigenvalue weighted by atomic mass is 79.9. The Morgan fingerprint density at radius 1 is 1.33 bits per heavy atom. The number of rotatable bonds is 3. The zero-order valence-electron chi connectivity index (χ0n) is 11.3. The van der Waals surface area contributed by atoms with Crippen LogP contribution in [0.15, 0.2) is 21.5 Å². The molecule has 0 spiro atoms. The quantitative estimate of drug-likeness (QED) is 0.701. The van der Waals surface area contributed by atoms with Crippen molar-refractivity contribution in [3.63, 3.8) is 0 Å². The molecular weight excluding hydrogens is 401 g/mol. The van der Waals surface area contributed by atoms with Gasteiger partial charge in [0.2, 0.25) is 0 Å². The van der Waals surface area contributed by atoms with Gasteiger partial charge in [-0.05, 0) is 25.0 Å². The Bertz CT molecular complexity index is 672. The largest absolute Gasteiger partial charge is 0.339 e. The molecule has 116 valence electrons. The summed E-state index contributed by atoms with van der Waals surface area (Å²) in [4.78, 5) is 13.9. The van der Waals surface area contributed by atoms with Crippen LogP contribution < -0.4 is 0 Å². The fourth-order valence-electron chi connectivity index (χ4n) is 2.54. The summed E-state index contributed by atoms with van der Waals surface area (Å²) in [6.45, 7) is 0. The summed E-state index contributed by atoms with van der Waals surface area (Å²) in [6, 6.07) is 2.97. The highest BCUT2D eigenvalue weighted by molar-refractivity contribution is 9.10. The Hall–Kier alpha value is -0.300. The lowest BCUT2D eigenvalue weighted by Gasteiger charge is -2.25. The molecule has 0 radical (unpaired) electrons. The number of halogens is 3. The smallest absolute Gasteiger partial charge is 0.262 e. The SMILES string of the molecule is CN(C(=O)c1cc(Br)cc(S(=O)(=O)Cl)c1Cl)C1CCCC1. The highest BCUT2D eigenvalue weighted by Crippen LogP contribution is 2.33. The van der Waals surface area contributed by atoms with Gasteiger partial charge in [0.1, 0.15) is 4.90 Å². The van der Waals surface area contributed by atoms with E-state index in [-0.39, 0.29) is 27.4 Å². The molecule has 1 aliphatic rings. The van der Waals surface area contributed by atoms with Crippen LogP contribution in [0.3, 0.4) is 0 Å². The third-order valence-electron chi connectivity index (χ3n) is 3.69. The standard InChI is InChI=1S/C13H14BrCl2NO3S/c1-17(9-4-2-3-5-9)13(18)10-6-8(14)7-11(12(10)15)21(16,19)20/h6-7,9H,2-5H2,1H3. The van der Waals surface area contributed by atoms with E-state index >= 15 is 0 Å². The van der Waals surface area contributed by atoms with Gasteiger partial charge in [-0.15, -0.1) is 0 Å². The van der Waals surface area contributed by atoms with Gasteiger partial charge in [0.25, 0.3) is 15.0 Å². The second-order valence-corrected chi connectivity index (χ2v) is 8.89. The summed E-state index contributed by atoms with van der Waals surface area (Å²) in [5.41, 5.74) is 0.139. The number of carbonyl (C=O) groups excluding carboxylic acids is 1. The molecule has 1 saturated carbocycles. The van der Waals surface area contributed by atoms with E-state index in [9.17, 15) is 13.2 Å². The monoisotopic (exact) mass is 413 g/mol. The number of benzene rings is 1. The van der Waals surface area contributed by atoms with Gasteiger partial charge in [0.15, 0.2) is 0 Å². The lowest BCUT2D eigenvalue weighted by Crippen LogP contribution is -2.35. The molecule has 1 amide bonds. The van der Waals surface area contributed by atoms with E-state index in [0.717, 1.165) is 25.7 Å². The van der Waals surface area contributed by atoms with Crippen LogP contribution >= 0.6 is 38.2 Å². The van der Waals surface area contributed by atoms with Crippen molar-refractivity contribution in [2.24, 2.45) is 0 Å². The first kappa shape index (κ1) is 17.1. The normalized spacial score (nSPS) is 16.2. The lowest BCUT2D eigenvalue weighted by atomic mass is 10.1. The molecule has 0 aliphatic heterocycles. The maximum atomic E-state index is 12.6. The van der Waals surface area contributed by atoms with Gasteiger partial charge in [0.05, 0.1) is 10.6 Å². The number of nitrogens with zero attached hydrogens (tertiary/aromatic N) is 1. The Morgan fingerprint density at radius 3 is 2.43 bits per heavy atom. The molecule has 1 fully saturated rings. The maximum absolute atomic E-state index is 12.6. The number of hydrogen-bond acceptors (Lipinski definition) is 3. The zero-order valence-corrected chi connectivity index (χ0v) is 15.2.